The molecule has 0 radical (unpaired) electrons. The molecule has 2 aromatic carbocycles. The number of carbonyl (C=O) groups is 1. The van der Waals surface area contributed by atoms with Crippen LogP contribution >= 0.6 is 12.2 Å². The normalized spacial score (nSPS) is 10.7. The number of hydrogen-bond acceptors (Lipinski definition) is 4. The van der Waals surface area contributed by atoms with Gasteiger partial charge in [-0.2, -0.15) is 0 Å². The molecule has 0 aliphatic carbocycles. The molecule has 0 saturated heterocycles. The van der Waals surface area contributed by atoms with Crippen molar-refractivity contribution in [3.8, 4) is 5.75 Å². The number of halogens is 1. The first kappa shape index (κ1) is 18.4. The third-order valence-corrected chi connectivity index (χ3v) is 3.77. The van der Waals surface area contributed by atoms with Gasteiger partial charge >= 0.3 is 0 Å². The highest BCUT2D eigenvalue weighted by molar-refractivity contribution is 7.80. The molecule has 0 bridgehead atoms. The van der Waals surface area contributed by atoms with Crippen LogP contribution in [0.2, 0.25) is 0 Å². The highest BCUT2D eigenvalue weighted by atomic mass is 32.1. The number of hydrogen-bond donors (Lipinski definition) is 3. The van der Waals surface area contributed by atoms with E-state index in [1.54, 1.807) is 31.4 Å². The van der Waals surface area contributed by atoms with Crippen LogP contribution in [-0.4, -0.2) is 18.1 Å². The van der Waals surface area contributed by atoms with Gasteiger partial charge in [0.2, 0.25) is 0 Å². The van der Waals surface area contributed by atoms with Crippen LogP contribution in [0.15, 0.2) is 59.0 Å². The summed E-state index contributed by atoms with van der Waals surface area (Å²) in [6.45, 7) is 0. The summed E-state index contributed by atoms with van der Waals surface area (Å²) < 4.78 is 24.4. The summed E-state index contributed by atoms with van der Waals surface area (Å²) in [5.74, 6) is 0.202. The van der Waals surface area contributed by atoms with E-state index in [0.717, 1.165) is 5.39 Å². The van der Waals surface area contributed by atoms with Crippen LogP contribution in [0.5, 0.6) is 5.75 Å². The summed E-state index contributed by atoms with van der Waals surface area (Å²) in [6.07, 6.45) is 2.80. The molecule has 6 nitrogen and oxygen atoms in total. The predicted octanol–water partition coefficient (Wildman–Crippen LogP) is 3.61. The number of para-hydroxylation sites is 2. The molecule has 1 amide bonds. The minimum Gasteiger partial charge on any atom is -0.493 e. The van der Waals surface area contributed by atoms with Crippen molar-refractivity contribution in [2.75, 3.05) is 12.4 Å². The van der Waals surface area contributed by atoms with E-state index in [0.29, 0.717) is 17.1 Å². The first-order chi connectivity index (χ1) is 13.1. The van der Waals surface area contributed by atoms with Gasteiger partial charge in [-0.1, -0.05) is 24.3 Å². The van der Waals surface area contributed by atoms with Gasteiger partial charge in [0.25, 0.3) is 5.91 Å². The monoisotopic (exact) mass is 385 g/mol. The van der Waals surface area contributed by atoms with E-state index in [-0.39, 0.29) is 10.8 Å². The number of ether oxygens (including phenoxy) is 1. The number of fused-ring (bicyclic) bond motifs is 1. The first-order valence-corrected chi connectivity index (χ1v) is 8.34. The Labute approximate surface area is 160 Å². The molecule has 1 aromatic heterocycles. The standard InChI is InChI=1S/C19H16FN3O3S/c1-25-16-8-4-5-12-11-13(26-18(12)16)9-10-17(24)22-23-19(27)21-15-7-3-2-6-14(15)20/h2-11H,1H3,(H,22,24)(H2,21,23,27)/b10-9+. The molecule has 0 aliphatic heterocycles. The highest BCUT2D eigenvalue weighted by Gasteiger charge is 2.07. The van der Waals surface area contributed by atoms with Crippen LogP contribution in [0.3, 0.4) is 0 Å². The second kappa shape index (κ2) is 8.33. The molecule has 0 atom stereocenters. The van der Waals surface area contributed by atoms with Gasteiger partial charge in [0, 0.05) is 11.5 Å². The molecule has 0 fully saturated rings. The first-order valence-electron chi connectivity index (χ1n) is 7.93. The summed E-state index contributed by atoms with van der Waals surface area (Å²) in [6, 6.07) is 13.4. The van der Waals surface area contributed by atoms with Crippen molar-refractivity contribution in [1.29, 1.82) is 0 Å². The Morgan fingerprint density at radius 1 is 1.19 bits per heavy atom. The van der Waals surface area contributed by atoms with Crippen molar-refractivity contribution in [2.45, 2.75) is 0 Å². The molecule has 138 valence electrons. The lowest BCUT2D eigenvalue weighted by molar-refractivity contribution is -0.116. The number of amides is 1. The zero-order chi connectivity index (χ0) is 19.2. The fourth-order valence-corrected chi connectivity index (χ4v) is 2.49. The highest BCUT2D eigenvalue weighted by Crippen LogP contribution is 2.28. The fourth-order valence-electron chi connectivity index (χ4n) is 2.33. The van der Waals surface area contributed by atoms with E-state index in [2.05, 4.69) is 16.2 Å². The SMILES string of the molecule is COc1cccc2cc(/C=C/C(=O)NNC(=S)Nc3ccccc3F)oc12. The molecule has 3 N–H and O–H groups in total. The second-order valence-corrected chi connectivity index (χ2v) is 5.82. The van der Waals surface area contributed by atoms with Gasteiger partial charge in [-0.15, -0.1) is 0 Å². The Bertz CT molecular complexity index is 1020. The van der Waals surface area contributed by atoms with Gasteiger partial charge in [0.1, 0.15) is 11.6 Å². The summed E-state index contributed by atoms with van der Waals surface area (Å²) >= 11 is 5.00. The maximum Gasteiger partial charge on any atom is 0.262 e. The van der Waals surface area contributed by atoms with Crippen LogP contribution in [0.1, 0.15) is 5.76 Å². The second-order valence-electron chi connectivity index (χ2n) is 5.41. The van der Waals surface area contributed by atoms with Gasteiger partial charge < -0.3 is 14.5 Å². The van der Waals surface area contributed by atoms with E-state index >= 15 is 0 Å². The van der Waals surface area contributed by atoms with Crippen LogP contribution in [0, 0.1) is 5.82 Å². The predicted molar refractivity (Wildman–Crippen MR) is 106 cm³/mol. The minimum atomic E-state index is -0.458. The van der Waals surface area contributed by atoms with Gasteiger partial charge in [0.05, 0.1) is 12.8 Å². The zero-order valence-corrected chi connectivity index (χ0v) is 15.1. The number of benzene rings is 2. The van der Waals surface area contributed by atoms with Crippen molar-refractivity contribution < 1.29 is 18.3 Å². The maximum atomic E-state index is 13.5. The molecular formula is C19H16FN3O3S. The van der Waals surface area contributed by atoms with Crippen LogP contribution in [-0.2, 0) is 4.79 Å². The third kappa shape index (κ3) is 4.62. The summed E-state index contributed by atoms with van der Waals surface area (Å²) in [5, 5.41) is 3.56. The molecule has 0 aliphatic rings. The average molecular weight is 385 g/mol. The Kier molecular flexibility index (Phi) is 5.68. The molecule has 0 unspecified atom stereocenters. The lowest BCUT2D eigenvalue weighted by atomic mass is 10.2. The van der Waals surface area contributed by atoms with Gasteiger partial charge in [-0.3, -0.25) is 15.6 Å². The topological polar surface area (TPSA) is 75.5 Å². The van der Waals surface area contributed by atoms with Gasteiger partial charge in [-0.25, -0.2) is 4.39 Å². The maximum absolute atomic E-state index is 13.5. The molecule has 8 heteroatoms. The van der Waals surface area contributed by atoms with Gasteiger partial charge in [-0.05, 0) is 42.6 Å². The number of furan rings is 1. The number of anilines is 1. The smallest absolute Gasteiger partial charge is 0.262 e. The van der Waals surface area contributed by atoms with E-state index in [1.165, 1.54) is 24.3 Å². The van der Waals surface area contributed by atoms with Crippen molar-refractivity contribution >= 4 is 46.0 Å². The Morgan fingerprint density at radius 3 is 2.78 bits per heavy atom. The van der Waals surface area contributed by atoms with Crippen LogP contribution in [0.25, 0.3) is 17.0 Å². The fraction of sp³-hybridized carbons (Fsp3) is 0.0526. The van der Waals surface area contributed by atoms with E-state index in [4.69, 9.17) is 21.4 Å². The molecule has 0 saturated carbocycles. The Balaban J connectivity index is 1.56. The molecule has 3 rings (SSSR count). The van der Waals surface area contributed by atoms with Crippen LogP contribution in [0.4, 0.5) is 10.1 Å². The summed E-state index contributed by atoms with van der Waals surface area (Å²) in [4.78, 5) is 11.9. The average Bonchev–Trinajstić information content (AvgIpc) is 3.09. The quantitative estimate of drug-likeness (QED) is 0.362. The minimum absolute atomic E-state index is 0.0512. The summed E-state index contributed by atoms with van der Waals surface area (Å²) in [7, 11) is 1.56. The third-order valence-electron chi connectivity index (χ3n) is 3.57. The van der Waals surface area contributed by atoms with Crippen molar-refractivity contribution in [3.63, 3.8) is 0 Å². The van der Waals surface area contributed by atoms with E-state index in [1.807, 2.05) is 12.1 Å². The van der Waals surface area contributed by atoms with Crippen molar-refractivity contribution in [3.05, 3.63) is 66.2 Å². The lowest BCUT2D eigenvalue weighted by Crippen LogP contribution is -2.43. The van der Waals surface area contributed by atoms with E-state index in [9.17, 15) is 9.18 Å². The zero-order valence-electron chi connectivity index (χ0n) is 14.3. The molecule has 1 heterocycles. The van der Waals surface area contributed by atoms with E-state index < -0.39 is 11.7 Å². The number of nitrogens with one attached hydrogen (secondary N) is 3. The molecule has 27 heavy (non-hydrogen) atoms. The molecule has 0 spiro atoms. The Hall–Kier alpha value is -3.39. The van der Waals surface area contributed by atoms with Crippen molar-refractivity contribution in [2.24, 2.45) is 0 Å². The number of thiocarbonyl (C=S) groups is 1. The number of methoxy groups -OCH3 is 1. The summed E-state index contributed by atoms with van der Waals surface area (Å²) in [5.41, 5.74) is 5.68. The van der Waals surface area contributed by atoms with Gasteiger partial charge in [0.15, 0.2) is 16.4 Å². The number of hydrazine groups is 1. The van der Waals surface area contributed by atoms with Crippen molar-refractivity contribution in [1.82, 2.24) is 10.9 Å². The molecular weight excluding hydrogens is 369 g/mol. The lowest BCUT2D eigenvalue weighted by Gasteiger charge is -2.10. The largest absolute Gasteiger partial charge is 0.493 e. The van der Waals surface area contributed by atoms with Crippen LogP contribution < -0.4 is 20.9 Å². The number of rotatable bonds is 4. The molecule has 3 aromatic rings. The number of carbonyl (C=O) groups excluding carboxylic acids is 1. The Morgan fingerprint density at radius 2 is 2.00 bits per heavy atom.